The predicted octanol–water partition coefficient (Wildman–Crippen LogP) is 2.20. The molecule has 0 radical (unpaired) electrons. The van der Waals surface area contributed by atoms with Gasteiger partial charge in [-0.25, -0.2) is 0 Å². The second-order valence-electron chi connectivity index (χ2n) is 4.24. The first-order valence-electron chi connectivity index (χ1n) is 5.63. The van der Waals surface area contributed by atoms with Gasteiger partial charge in [-0.1, -0.05) is 16.8 Å². The fraction of sp³-hybridized carbons (Fsp3) is 0.385. The van der Waals surface area contributed by atoms with Crippen molar-refractivity contribution < 1.29 is 9.63 Å². The van der Waals surface area contributed by atoms with Crippen molar-refractivity contribution in [1.82, 2.24) is 10.1 Å². The molecule has 2 rings (SSSR count). The second-order valence-corrected chi connectivity index (χ2v) is 4.24. The van der Waals surface area contributed by atoms with Crippen molar-refractivity contribution in [3.8, 4) is 11.4 Å². The van der Waals surface area contributed by atoms with E-state index in [4.69, 9.17) is 9.63 Å². The third-order valence-corrected chi connectivity index (χ3v) is 2.85. The van der Waals surface area contributed by atoms with Crippen molar-refractivity contribution in [3.63, 3.8) is 0 Å². The highest BCUT2D eigenvalue weighted by Gasteiger charge is 2.12. The molecule has 90 valence electrons. The van der Waals surface area contributed by atoms with Crippen LogP contribution in [0.2, 0.25) is 0 Å². The Morgan fingerprint density at radius 2 is 2.00 bits per heavy atom. The molecule has 0 aliphatic carbocycles. The molecule has 17 heavy (non-hydrogen) atoms. The van der Waals surface area contributed by atoms with Gasteiger partial charge in [0.15, 0.2) is 0 Å². The van der Waals surface area contributed by atoms with Gasteiger partial charge in [0.2, 0.25) is 11.7 Å². The van der Waals surface area contributed by atoms with Gasteiger partial charge in [0.05, 0.1) is 13.0 Å². The zero-order valence-electron chi connectivity index (χ0n) is 10.3. The van der Waals surface area contributed by atoms with Crippen molar-refractivity contribution in [3.05, 3.63) is 34.7 Å². The van der Waals surface area contributed by atoms with E-state index in [0.29, 0.717) is 18.1 Å². The third kappa shape index (κ3) is 2.36. The Labute approximate surface area is 100 Å². The molecule has 0 fully saturated rings. The molecule has 0 amide bonds. The van der Waals surface area contributed by atoms with Gasteiger partial charge < -0.3 is 9.63 Å². The molecule has 0 aliphatic rings. The lowest BCUT2D eigenvalue weighted by Crippen LogP contribution is -1.93. The summed E-state index contributed by atoms with van der Waals surface area (Å²) >= 11 is 0. The van der Waals surface area contributed by atoms with Crippen LogP contribution in [0, 0.1) is 20.8 Å². The summed E-state index contributed by atoms with van der Waals surface area (Å²) in [5, 5.41) is 12.8. The van der Waals surface area contributed by atoms with Gasteiger partial charge in [0, 0.05) is 5.56 Å². The van der Waals surface area contributed by atoms with Gasteiger partial charge >= 0.3 is 0 Å². The monoisotopic (exact) mass is 232 g/mol. The molecular formula is C13H16N2O2. The topological polar surface area (TPSA) is 59.2 Å². The van der Waals surface area contributed by atoms with Crippen molar-refractivity contribution >= 4 is 0 Å². The summed E-state index contributed by atoms with van der Waals surface area (Å²) in [6.07, 6.45) is 0.400. The quantitative estimate of drug-likeness (QED) is 0.881. The first-order valence-corrected chi connectivity index (χ1v) is 5.63. The smallest absolute Gasteiger partial charge is 0.229 e. The first-order chi connectivity index (χ1) is 8.11. The number of aliphatic hydroxyl groups excluding tert-OH is 1. The molecule has 1 N–H and O–H groups in total. The van der Waals surface area contributed by atoms with E-state index in [1.807, 2.05) is 13.8 Å². The standard InChI is InChI=1S/C13H16N2O2/c1-8-6-9(2)10(3)11(7-8)13-14-12(4-5-16)17-15-13/h6-7,16H,4-5H2,1-3H3. The summed E-state index contributed by atoms with van der Waals surface area (Å²) in [5.74, 6) is 1.07. The van der Waals surface area contributed by atoms with Gasteiger partial charge in [0.25, 0.3) is 0 Å². The molecule has 1 aromatic heterocycles. The van der Waals surface area contributed by atoms with E-state index in [0.717, 1.165) is 11.1 Å². The summed E-state index contributed by atoms with van der Waals surface area (Å²) in [6, 6.07) is 4.18. The molecule has 0 saturated heterocycles. The maximum Gasteiger partial charge on any atom is 0.229 e. The minimum absolute atomic E-state index is 0.0213. The van der Waals surface area contributed by atoms with Crippen LogP contribution in [-0.2, 0) is 6.42 Å². The molecular weight excluding hydrogens is 216 g/mol. The van der Waals surface area contributed by atoms with Crippen LogP contribution in [-0.4, -0.2) is 21.9 Å². The van der Waals surface area contributed by atoms with Crippen LogP contribution < -0.4 is 0 Å². The van der Waals surface area contributed by atoms with Gasteiger partial charge in [-0.05, 0) is 38.0 Å². The average molecular weight is 232 g/mol. The van der Waals surface area contributed by atoms with Gasteiger partial charge in [-0.2, -0.15) is 4.98 Å². The summed E-state index contributed by atoms with van der Waals surface area (Å²) in [4.78, 5) is 4.28. The minimum Gasteiger partial charge on any atom is -0.396 e. The molecule has 0 atom stereocenters. The molecule has 0 aliphatic heterocycles. The van der Waals surface area contributed by atoms with E-state index in [1.54, 1.807) is 0 Å². The predicted molar refractivity (Wildman–Crippen MR) is 64.7 cm³/mol. The molecule has 0 unspecified atom stereocenters. The summed E-state index contributed by atoms with van der Waals surface area (Å²) in [7, 11) is 0. The Morgan fingerprint density at radius 3 is 2.71 bits per heavy atom. The highest BCUT2D eigenvalue weighted by atomic mass is 16.5. The van der Waals surface area contributed by atoms with Gasteiger partial charge in [-0.3, -0.25) is 0 Å². The molecule has 0 saturated carbocycles. The molecule has 0 spiro atoms. The second kappa shape index (κ2) is 4.67. The molecule has 4 nitrogen and oxygen atoms in total. The van der Waals surface area contributed by atoms with Crippen LogP contribution in [0.5, 0.6) is 0 Å². The van der Waals surface area contributed by atoms with Crippen LogP contribution in [0.25, 0.3) is 11.4 Å². The number of aliphatic hydroxyl groups is 1. The van der Waals surface area contributed by atoms with Crippen LogP contribution in [0.4, 0.5) is 0 Å². The number of nitrogens with zero attached hydrogens (tertiary/aromatic N) is 2. The number of hydrogen-bond acceptors (Lipinski definition) is 4. The van der Waals surface area contributed by atoms with E-state index in [2.05, 4.69) is 29.2 Å². The highest BCUT2D eigenvalue weighted by molar-refractivity contribution is 5.62. The lowest BCUT2D eigenvalue weighted by Gasteiger charge is -2.06. The van der Waals surface area contributed by atoms with Crippen molar-refractivity contribution in [1.29, 1.82) is 0 Å². The molecule has 4 heteroatoms. The summed E-state index contributed by atoms with van der Waals surface area (Å²) in [5.41, 5.74) is 4.55. The zero-order valence-corrected chi connectivity index (χ0v) is 10.3. The number of benzene rings is 1. The molecule has 0 bridgehead atoms. The Morgan fingerprint density at radius 1 is 1.24 bits per heavy atom. The maximum absolute atomic E-state index is 8.81. The molecule has 1 heterocycles. The van der Waals surface area contributed by atoms with Crippen LogP contribution in [0.3, 0.4) is 0 Å². The number of hydrogen-bond donors (Lipinski definition) is 1. The zero-order chi connectivity index (χ0) is 12.4. The Bertz CT molecular complexity index is 532. The molecule has 2 aromatic rings. The first kappa shape index (κ1) is 11.8. The van der Waals surface area contributed by atoms with Crippen molar-refractivity contribution in [2.24, 2.45) is 0 Å². The summed E-state index contributed by atoms with van der Waals surface area (Å²) < 4.78 is 5.07. The molecule has 1 aromatic carbocycles. The Balaban J connectivity index is 2.44. The van der Waals surface area contributed by atoms with E-state index in [9.17, 15) is 0 Å². The lowest BCUT2D eigenvalue weighted by atomic mass is 10.00. The Hall–Kier alpha value is -1.68. The van der Waals surface area contributed by atoms with E-state index in [-0.39, 0.29) is 6.61 Å². The largest absolute Gasteiger partial charge is 0.396 e. The fourth-order valence-electron chi connectivity index (χ4n) is 1.83. The van der Waals surface area contributed by atoms with Crippen LogP contribution in [0.15, 0.2) is 16.7 Å². The van der Waals surface area contributed by atoms with Crippen molar-refractivity contribution in [2.75, 3.05) is 6.61 Å². The normalized spacial score (nSPS) is 10.8. The number of aryl methyl sites for hydroxylation is 2. The van der Waals surface area contributed by atoms with Crippen molar-refractivity contribution in [2.45, 2.75) is 27.2 Å². The fourth-order valence-corrected chi connectivity index (χ4v) is 1.83. The minimum atomic E-state index is 0.0213. The van der Waals surface area contributed by atoms with Gasteiger partial charge in [-0.15, -0.1) is 0 Å². The van der Waals surface area contributed by atoms with Crippen LogP contribution in [0.1, 0.15) is 22.6 Å². The number of aromatic nitrogens is 2. The van der Waals surface area contributed by atoms with E-state index in [1.165, 1.54) is 11.1 Å². The van der Waals surface area contributed by atoms with Crippen LogP contribution >= 0.6 is 0 Å². The highest BCUT2D eigenvalue weighted by Crippen LogP contribution is 2.24. The van der Waals surface area contributed by atoms with E-state index >= 15 is 0 Å². The Kier molecular flexibility index (Phi) is 3.24. The maximum atomic E-state index is 8.81. The number of rotatable bonds is 3. The van der Waals surface area contributed by atoms with E-state index < -0.39 is 0 Å². The summed E-state index contributed by atoms with van der Waals surface area (Å²) in [6.45, 7) is 6.19. The SMILES string of the molecule is Cc1cc(C)c(C)c(-c2noc(CCO)n2)c1. The third-order valence-electron chi connectivity index (χ3n) is 2.85. The van der Waals surface area contributed by atoms with Gasteiger partial charge in [0.1, 0.15) is 0 Å². The average Bonchev–Trinajstić information content (AvgIpc) is 2.72. The lowest BCUT2D eigenvalue weighted by molar-refractivity contribution is 0.274.